The standard InChI is InChI=1S/C20H19N3O2S/c1-26-18-7-3-2-6-17(18)19(24)21-12-4-5-15-8-10-16(11-9-15)23-14-13-22-20(23)25/h2-3,6-11H,12-14H2,1H3,(H,21,24)(H,22,25). The van der Waals surface area contributed by atoms with Gasteiger partial charge in [-0.15, -0.1) is 11.8 Å². The maximum Gasteiger partial charge on any atom is 0.321 e. The molecule has 1 saturated heterocycles. The SMILES string of the molecule is CSc1ccccc1C(=O)NCC#Cc1ccc(N2CCNC2=O)cc1. The molecule has 0 bridgehead atoms. The van der Waals surface area contributed by atoms with Crippen molar-refractivity contribution in [3.63, 3.8) is 0 Å². The van der Waals surface area contributed by atoms with Crippen LogP contribution in [-0.2, 0) is 0 Å². The first-order valence-electron chi connectivity index (χ1n) is 8.24. The lowest BCUT2D eigenvalue weighted by Gasteiger charge is -2.13. The Morgan fingerprint density at radius 2 is 2.00 bits per heavy atom. The van der Waals surface area contributed by atoms with Crippen LogP contribution >= 0.6 is 11.8 Å². The average Bonchev–Trinajstić information content (AvgIpc) is 3.11. The topological polar surface area (TPSA) is 61.4 Å². The van der Waals surface area contributed by atoms with Crippen molar-refractivity contribution in [3.05, 3.63) is 59.7 Å². The first-order valence-corrected chi connectivity index (χ1v) is 9.47. The Bertz CT molecular complexity index is 869. The van der Waals surface area contributed by atoms with Gasteiger partial charge < -0.3 is 10.6 Å². The first kappa shape index (κ1) is 17.9. The monoisotopic (exact) mass is 365 g/mol. The number of hydrogen-bond acceptors (Lipinski definition) is 3. The van der Waals surface area contributed by atoms with Gasteiger partial charge in [0.1, 0.15) is 0 Å². The summed E-state index contributed by atoms with van der Waals surface area (Å²) in [5.74, 6) is 5.85. The summed E-state index contributed by atoms with van der Waals surface area (Å²) in [5.41, 5.74) is 2.36. The summed E-state index contributed by atoms with van der Waals surface area (Å²) in [6.07, 6.45) is 1.95. The molecule has 3 rings (SSSR count). The molecule has 26 heavy (non-hydrogen) atoms. The van der Waals surface area contributed by atoms with Crippen molar-refractivity contribution in [2.75, 3.05) is 30.8 Å². The fraction of sp³-hybridized carbons (Fsp3) is 0.200. The molecule has 0 saturated carbocycles. The second-order valence-corrected chi connectivity index (χ2v) is 6.46. The highest BCUT2D eigenvalue weighted by Gasteiger charge is 2.20. The van der Waals surface area contributed by atoms with E-state index in [1.165, 1.54) is 0 Å². The van der Waals surface area contributed by atoms with Crippen LogP contribution in [0.5, 0.6) is 0 Å². The molecule has 1 aliphatic rings. The molecule has 0 aliphatic carbocycles. The average molecular weight is 365 g/mol. The predicted molar refractivity (Wildman–Crippen MR) is 105 cm³/mol. The van der Waals surface area contributed by atoms with Gasteiger partial charge in [0.2, 0.25) is 0 Å². The summed E-state index contributed by atoms with van der Waals surface area (Å²) in [5, 5.41) is 5.59. The van der Waals surface area contributed by atoms with E-state index in [4.69, 9.17) is 0 Å². The number of carbonyl (C=O) groups is 2. The number of nitrogens with zero attached hydrogens (tertiary/aromatic N) is 1. The largest absolute Gasteiger partial charge is 0.341 e. The Balaban J connectivity index is 1.56. The van der Waals surface area contributed by atoms with Gasteiger partial charge in [-0.2, -0.15) is 0 Å². The molecule has 2 aromatic carbocycles. The number of urea groups is 1. The maximum atomic E-state index is 12.2. The number of benzene rings is 2. The summed E-state index contributed by atoms with van der Waals surface area (Å²) >= 11 is 1.54. The van der Waals surface area contributed by atoms with E-state index in [2.05, 4.69) is 22.5 Å². The number of thioether (sulfide) groups is 1. The highest BCUT2D eigenvalue weighted by molar-refractivity contribution is 7.98. The molecular weight excluding hydrogens is 346 g/mol. The molecule has 0 atom stereocenters. The summed E-state index contributed by atoms with van der Waals surface area (Å²) in [7, 11) is 0. The normalized spacial score (nSPS) is 13.0. The second kappa shape index (κ2) is 8.45. The Kier molecular flexibility index (Phi) is 5.82. The van der Waals surface area contributed by atoms with Crippen LogP contribution in [0.3, 0.4) is 0 Å². The highest BCUT2D eigenvalue weighted by atomic mass is 32.2. The lowest BCUT2D eigenvalue weighted by atomic mass is 10.2. The van der Waals surface area contributed by atoms with Crippen LogP contribution in [0.2, 0.25) is 0 Å². The lowest BCUT2D eigenvalue weighted by Crippen LogP contribution is -2.27. The Morgan fingerprint density at radius 1 is 1.23 bits per heavy atom. The molecular formula is C20H19N3O2S. The van der Waals surface area contributed by atoms with E-state index >= 15 is 0 Å². The maximum absolute atomic E-state index is 12.2. The molecule has 132 valence electrons. The Labute approximate surface area is 157 Å². The third-order valence-electron chi connectivity index (χ3n) is 3.96. The van der Waals surface area contributed by atoms with Crippen molar-refractivity contribution >= 4 is 29.4 Å². The predicted octanol–water partition coefficient (Wildman–Crippen LogP) is 2.72. The van der Waals surface area contributed by atoms with Gasteiger partial charge in [-0.1, -0.05) is 24.0 Å². The molecule has 0 radical (unpaired) electrons. The van der Waals surface area contributed by atoms with Crippen molar-refractivity contribution in [3.8, 4) is 11.8 Å². The van der Waals surface area contributed by atoms with Crippen LogP contribution in [0.25, 0.3) is 0 Å². The smallest absolute Gasteiger partial charge is 0.321 e. The van der Waals surface area contributed by atoms with E-state index in [1.807, 2.05) is 54.8 Å². The molecule has 2 aromatic rings. The van der Waals surface area contributed by atoms with Gasteiger partial charge >= 0.3 is 6.03 Å². The summed E-state index contributed by atoms with van der Waals surface area (Å²) < 4.78 is 0. The van der Waals surface area contributed by atoms with Crippen molar-refractivity contribution in [2.24, 2.45) is 0 Å². The fourth-order valence-electron chi connectivity index (χ4n) is 2.64. The molecule has 6 heteroatoms. The Hall–Kier alpha value is -2.91. The summed E-state index contributed by atoms with van der Waals surface area (Å²) in [6.45, 7) is 1.62. The minimum absolute atomic E-state index is 0.0722. The molecule has 1 aliphatic heterocycles. The zero-order valence-electron chi connectivity index (χ0n) is 14.4. The molecule has 1 heterocycles. The number of carbonyl (C=O) groups excluding carboxylic acids is 2. The minimum atomic E-state index is -0.125. The van der Waals surface area contributed by atoms with Gasteiger partial charge in [-0.05, 0) is 42.7 Å². The number of anilines is 1. The van der Waals surface area contributed by atoms with E-state index in [1.54, 1.807) is 16.7 Å². The Morgan fingerprint density at radius 3 is 2.69 bits per heavy atom. The number of hydrogen-bond donors (Lipinski definition) is 2. The van der Waals surface area contributed by atoms with E-state index in [-0.39, 0.29) is 18.5 Å². The van der Waals surface area contributed by atoms with E-state index in [9.17, 15) is 9.59 Å². The third kappa shape index (κ3) is 4.19. The van der Waals surface area contributed by atoms with Gasteiger partial charge in [0.25, 0.3) is 5.91 Å². The first-order chi connectivity index (χ1) is 12.7. The molecule has 1 fully saturated rings. The van der Waals surface area contributed by atoms with Gasteiger partial charge in [0.05, 0.1) is 12.1 Å². The van der Waals surface area contributed by atoms with Gasteiger partial charge in [0.15, 0.2) is 0 Å². The molecule has 0 aromatic heterocycles. The van der Waals surface area contributed by atoms with Gasteiger partial charge in [0, 0.05) is 29.2 Å². The second-order valence-electron chi connectivity index (χ2n) is 5.62. The summed E-state index contributed by atoms with van der Waals surface area (Å²) in [6, 6.07) is 14.9. The number of amides is 3. The van der Waals surface area contributed by atoms with E-state index < -0.39 is 0 Å². The molecule has 5 nitrogen and oxygen atoms in total. The van der Waals surface area contributed by atoms with Crippen molar-refractivity contribution in [1.82, 2.24) is 10.6 Å². The number of rotatable bonds is 4. The highest BCUT2D eigenvalue weighted by Crippen LogP contribution is 2.19. The van der Waals surface area contributed by atoms with E-state index in [0.717, 1.165) is 16.1 Å². The lowest BCUT2D eigenvalue weighted by molar-refractivity contribution is 0.0956. The fourth-order valence-corrected chi connectivity index (χ4v) is 3.24. The van der Waals surface area contributed by atoms with Crippen molar-refractivity contribution in [1.29, 1.82) is 0 Å². The number of nitrogens with one attached hydrogen (secondary N) is 2. The van der Waals surface area contributed by atoms with E-state index in [0.29, 0.717) is 18.7 Å². The molecule has 3 amide bonds. The van der Waals surface area contributed by atoms with Crippen LogP contribution in [0, 0.1) is 11.8 Å². The van der Waals surface area contributed by atoms with Crippen molar-refractivity contribution in [2.45, 2.75) is 4.90 Å². The zero-order valence-corrected chi connectivity index (χ0v) is 15.2. The quantitative estimate of drug-likeness (QED) is 0.647. The van der Waals surface area contributed by atoms with Gasteiger partial charge in [-0.3, -0.25) is 9.69 Å². The summed E-state index contributed by atoms with van der Waals surface area (Å²) in [4.78, 5) is 26.5. The van der Waals surface area contributed by atoms with Crippen LogP contribution < -0.4 is 15.5 Å². The molecule has 0 spiro atoms. The van der Waals surface area contributed by atoms with Crippen molar-refractivity contribution < 1.29 is 9.59 Å². The zero-order chi connectivity index (χ0) is 18.4. The third-order valence-corrected chi connectivity index (χ3v) is 4.75. The van der Waals surface area contributed by atoms with Crippen LogP contribution in [-0.4, -0.2) is 37.8 Å². The minimum Gasteiger partial charge on any atom is -0.341 e. The molecule has 2 N–H and O–H groups in total. The van der Waals surface area contributed by atoms with Crippen LogP contribution in [0.15, 0.2) is 53.4 Å². The van der Waals surface area contributed by atoms with Crippen LogP contribution in [0.4, 0.5) is 10.5 Å². The van der Waals surface area contributed by atoms with Gasteiger partial charge in [-0.25, -0.2) is 4.79 Å². The molecule has 0 unspecified atom stereocenters. The van der Waals surface area contributed by atoms with Crippen LogP contribution in [0.1, 0.15) is 15.9 Å².